The van der Waals surface area contributed by atoms with Crippen molar-refractivity contribution in [2.24, 2.45) is 5.92 Å². The average molecular weight is 346 g/mol. The summed E-state index contributed by atoms with van der Waals surface area (Å²) in [5.74, 6) is -0.655. The molecule has 5 heteroatoms. The molecule has 0 amide bonds. The number of fused-ring (bicyclic) bond motifs is 1. The van der Waals surface area contributed by atoms with E-state index in [4.69, 9.17) is 25.8 Å². The molecule has 4 rings (SSSR count). The summed E-state index contributed by atoms with van der Waals surface area (Å²) in [5, 5.41) is 4.31. The monoisotopic (exact) mass is 345 g/mol. The number of rotatable bonds is 4. The predicted molar refractivity (Wildman–Crippen MR) is 92.9 cm³/mol. The van der Waals surface area contributed by atoms with E-state index in [-0.39, 0.29) is 18.2 Å². The highest BCUT2D eigenvalue weighted by Crippen LogP contribution is 2.48. The molecule has 0 unspecified atom stereocenters. The van der Waals surface area contributed by atoms with Gasteiger partial charge in [-0.1, -0.05) is 41.9 Å². The Morgan fingerprint density at radius 2 is 1.88 bits per heavy atom. The third-order valence-corrected chi connectivity index (χ3v) is 5.11. The molecule has 126 valence electrons. The Hall–Kier alpha value is -1.59. The normalized spacial score (nSPS) is 31.8. The molecule has 0 aliphatic carbocycles. The Balaban J connectivity index is 1.72. The van der Waals surface area contributed by atoms with Crippen LogP contribution in [0.1, 0.15) is 12.0 Å². The molecular weight excluding hydrogens is 326 g/mol. The lowest BCUT2D eigenvalue weighted by Gasteiger charge is -2.35. The van der Waals surface area contributed by atoms with Gasteiger partial charge in [-0.2, -0.15) is 0 Å². The third-order valence-electron chi connectivity index (χ3n) is 4.86. The average Bonchev–Trinajstić information content (AvgIpc) is 3.18. The highest BCUT2D eigenvalue weighted by Gasteiger charge is 2.59. The van der Waals surface area contributed by atoms with Crippen LogP contribution in [0.3, 0.4) is 0 Å². The lowest BCUT2D eigenvalue weighted by atomic mass is 9.89. The van der Waals surface area contributed by atoms with Crippen LogP contribution >= 0.6 is 11.6 Å². The number of anilines is 1. The van der Waals surface area contributed by atoms with Crippen LogP contribution in [-0.4, -0.2) is 26.0 Å². The Morgan fingerprint density at radius 1 is 1.12 bits per heavy atom. The van der Waals surface area contributed by atoms with Crippen molar-refractivity contribution in [3.05, 3.63) is 65.2 Å². The first-order valence-electron chi connectivity index (χ1n) is 8.15. The number of benzene rings is 2. The van der Waals surface area contributed by atoms with Crippen LogP contribution < -0.4 is 5.32 Å². The zero-order valence-corrected chi connectivity index (χ0v) is 14.2. The predicted octanol–water partition coefficient (Wildman–Crippen LogP) is 4.01. The molecule has 2 heterocycles. The molecule has 2 fully saturated rings. The Kier molecular flexibility index (Phi) is 4.22. The van der Waals surface area contributed by atoms with Crippen LogP contribution in [0.2, 0.25) is 5.02 Å². The van der Waals surface area contributed by atoms with Crippen LogP contribution in [0.25, 0.3) is 0 Å². The van der Waals surface area contributed by atoms with Crippen LogP contribution in [-0.2, 0) is 20.0 Å². The summed E-state index contributed by atoms with van der Waals surface area (Å²) in [7, 11) is 1.69. The largest absolute Gasteiger partial charge is 0.376 e. The highest BCUT2D eigenvalue weighted by molar-refractivity contribution is 6.30. The highest BCUT2D eigenvalue weighted by atomic mass is 35.5. The SMILES string of the molecule is CO[C@]1(c2ccccc2)O[C@@H]2OCC[C@@H]2[C@@H]1Nc1ccc(Cl)cc1. The quantitative estimate of drug-likeness (QED) is 0.908. The maximum Gasteiger partial charge on any atom is 0.218 e. The van der Waals surface area contributed by atoms with Gasteiger partial charge in [-0.25, -0.2) is 0 Å². The van der Waals surface area contributed by atoms with Gasteiger partial charge in [0, 0.05) is 29.3 Å². The molecule has 0 radical (unpaired) electrons. The summed E-state index contributed by atoms with van der Waals surface area (Å²) < 4.78 is 18.0. The molecule has 1 N–H and O–H groups in total. The lowest BCUT2D eigenvalue weighted by Crippen LogP contribution is -2.45. The van der Waals surface area contributed by atoms with E-state index < -0.39 is 5.79 Å². The van der Waals surface area contributed by atoms with Gasteiger partial charge in [0.25, 0.3) is 0 Å². The molecule has 2 aromatic rings. The maximum absolute atomic E-state index is 6.28. The molecule has 24 heavy (non-hydrogen) atoms. The van der Waals surface area contributed by atoms with E-state index in [0.29, 0.717) is 11.6 Å². The van der Waals surface area contributed by atoms with Crippen molar-refractivity contribution in [1.82, 2.24) is 0 Å². The molecule has 0 aromatic heterocycles. The molecule has 4 nitrogen and oxygen atoms in total. The van der Waals surface area contributed by atoms with Gasteiger partial charge in [-0.3, -0.25) is 0 Å². The van der Waals surface area contributed by atoms with Gasteiger partial charge in [0.05, 0.1) is 12.6 Å². The first kappa shape index (κ1) is 15.9. The summed E-state index contributed by atoms with van der Waals surface area (Å²) in [4.78, 5) is 0. The van der Waals surface area contributed by atoms with Gasteiger partial charge in [0.15, 0.2) is 6.29 Å². The lowest BCUT2D eigenvalue weighted by molar-refractivity contribution is -0.267. The second-order valence-corrected chi connectivity index (χ2v) is 6.61. The second kappa shape index (κ2) is 6.37. The Labute approximate surface area is 146 Å². The van der Waals surface area contributed by atoms with Crippen LogP contribution in [0.5, 0.6) is 0 Å². The van der Waals surface area contributed by atoms with Crippen molar-refractivity contribution in [2.45, 2.75) is 24.5 Å². The minimum atomic E-state index is -0.878. The molecule has 0 spiro atoms. The molecule has 0 bridgehead atoms. The first-order valence-corrected chi connectivity index (χ1v) is 8.53. The Morgan fingerprint density at radius 3 is 2.58 bits per heavy atom. The summed E-state index contributed by atoms with van der Waals surface area (Å²) in [6.07, 6.45) is 0.684. The van der Waals surface area contributed by atoms with Crippen LogP contribution in [0, 0.1) is 5.92 Å². The number of nitrogens with one attached hydrogen (secondary N) is 1. The summed E-state index contributed by atoms with van der Waals surface area (Å²) in [5.41, 5.74) is 1.97. The van der Waals surface area contributed by atoms with E-state index in [1.807, 2.05) is 54.6 Å². The van der Waals surface area contributed by atoms with E-state index in [1.54, 1.807) is 7.11 Å². The fourth-order valence-electron chi connectivity index (χ4n) is 3.69. The van der Waals surface area contributed by atoms with Gasteiger partial charge in [-0.15, -0.1) is 0 Å². The number of methoxy groups -OCH3 is 1. The van der Waals surface area contributed by atoms with Crippen LogP contribution in [0.4, 0.5) is 5.69 Å². The van der Waals surface area contributed by atoms with Crippen molar-refractivity contribution in [3.8, 4) is 0 Å². The number of ether oxygens (including phenoxy) is 3. The minimum absolute atomic E-state index is 0.0569. The smallest absolute Gasteiger partial charge is 0.218 e. The zero-order valence-electron chi connectivity index (χ0n) is 13.4. The molecule has 2 aliphatic rings. The molecule has 2 saturated heterocycles. The Bertz CT molecular complexity index is 694. The molecular formula is C19H20ClNO3. The van der Waals surface area contributed by atoms with E-state index in [1.165, 1.54) is 0 Å². The fourth-order valence-corrected chi connectivity index (χ4v) is 3.82. The third kappa shape index (κ3) is 2.60. The maximum atomic E-state index is 6.28. The van der Waals surface area contributed by atoms with Gasteiger partial charge in [0.1, 0.15) is 0 Å². The van der Waals surface area contributed by atoms with Crippen molar-refractivity contribution in [3.63, 3.8) is 0 Å². The van der Waals surface area contributed by atoms with Crippen molar-refractivity contribution in [1.29, 1.82) is 0 Å². The van der Waals surface area contributed by atoms with Crippen molar-refractivity contribution >= 4 is 17.3 Å². The van der Waals surface area contributed by atoms with E-state index >= 15 is 0 Å². The number of hydrogen-bond acceptors (Lipinski definition) is 4. The molecule has 0 saturated carbocycles. The number of hydrogen-bond donors (Lipinski definition) is 1. The second-order valence-electron chi connectivity index (χ2n) is 6.18. The standard InChI is InChI=1S/C19H20ClNO3/c1-22-19(13-5-3-2-4-6-13)17(16-11-12-23-18(16)24-19)21-15-9-7-14(20)8-10-15/h2-10,16-18,21H,11-12H2,1H3/t16-,17+,18+,19-/m1/s1. The van der Waals surface area contributed by atoms with Crippen molar-refractivity contribution < 1.29 is 14.2 Å². The topological polar surface area (TPSA) is 39.7 Å². The van der Waals surface area contributed by atoms with Gasteiger partial charge in [-0.05, 0) is 30.7 Å². The van der Waals surface area contributed by atoms with E-state index in [2.05, 4.69) is 5.32 Å². The van der Waals surface area contributed by atoms with Gasteiger partial charge < -0.3 is 19.5 Å². The molecule has 4 atom stereocenters. The minimum Gasteiger partial charge on any atom is -0.376 e. The van der Waals surface area contributed by atoms with Gasteiger partial charge in [0.2, 0.25) is 5.79 Å². The summed E-state index contributed by atoms with van der Waals surface area (Å²) in [6.45, 7) is 0.711. The fraction of sp³-hybridized carbons (Fsp3) is 0.368. The van der Waals surface area contributed by atoms with E-state index in [9.17, 15) is 0 Å². The number of halogens is 1. The first-order chi connectivity index (χ1) is 11.7. The zero-order chi connectivity index (χ0) is 16.6. The molecule has 2 aliphatic heterocycles. The van der Waals surface area contributed by atoms with Gasteiger partial charge >= 0.3 is 0 Å². The summed E-state index contributed by atoms with van der Waals surface area (Å²) in [6, 6.07) is 17.7. The summed E-state index contributed by atoms with van der Waals surface area (Å²) >= 11 is 6.00. The van der Waals surface area contributed by atoms with E-state index in [0.717, 1.165) is 17.7 Å². The van der Waals surface area contributed by atoms with Crippen LogP contribution in [0.15, 0.2) is 54.6 Å². The molecule has 2 aromatic carbocycles. The van der Waals surface area contributed by atoms with Crippen molar-refractivity contribution in [2.75, 3.05) is 19.0 Å².